The molecule has 0 fully saturated rings. The fraction of sp³-hybridized carbons (Fsp3) is 0.0435. The van der Waals surface area contributed by atoms with Crippen LogP contribution in [0.5, 0.6) is 5.75 Å². The Kier molecular flexibility index (Phi) is 4.30. The third-order valence-electron chi connectivity index (χ3n) is 4.68. The lowest BCUT2D eigenvalue weighted by Crippen LogP contribution is -2.07. The average molecular weight is 402 g/mol. The molecule has 0 atom stereocenters. The lowest BCUT2D eigenvalue weighted by Gasteiger charge is -2.07. The average Bonchev–Trinajstić information content (AvgIpc) is 3.18. The summed E-state index contributed by atoms with van der Waals surface area (Å²) < 4.78 is 11.7. The van der Waals surface area contributed by atoms with Crippen LogP contribution in [0.1, 0.15) is 0 Å². The van der Waals surface area contributed by atoms with Crippen LogP contribution in [0.2, 0.25) is 5.02 Å². The summed E-state index contributed by atoms with van der Waals surface area (Å²) >= 11 is 6.33. The number of H-pyrrole nitrogens is 1. The molecule has 142 valence electrons. The Hall–Kier alpha value is -3.57. The van der Waals surface area contributed by atoms with Crippen molar-refractivity contribution in [3.8, 4) is 17.1 Å². The van der Waals surface area contributed by atoms with Gasteiger partial charge < -0.3 is 14.1 Å². The molecule has 0 unspecified atom stereocenters. The summed E-state index contributed by atoms with van der Waals surface area (Å²) in [7, 11) is 1.61. The highest BCUT2D eigenvalue weighted by Crippen LogP contribution is 2.29. The van der Waals surface area contributed by atoms with Gasteiger partial charge in [-0.05, 0) is 36.4 Å². The minimum absolute atomic E-state index is 0.397. The quantitative estimate of drug-likeness (QED) is 0.411. The standard InChI is InChI=1S/C23H16ClN3O2/c1-28-20-12-6-7-14-13-15(22-25-18-10-4-5-11-19(18)26-22)23(29-21(14)20)27-17-9-3-2-8-16(17)24/h2-13H,1H3,(H,25,26). The lowest BCUT2D eigenvalue weighted by atomic mass is 10.1. The fourth-order valence-electron chi connectivity index (χ4n) is 3.27. The van der Waals surface area contributed by atoms with Gasteiger partial charge >= 0.3 is 0 Å². The molecule has 2 aromatic heterocycles. The number of aromatic amines is 1. The number of imidazole rings is 1. The molecule has 5 nitrogen and oxygen atoms in total. The summed E-state index contributed by atoms with van der Waals surface area (Å²) in [5.41, 5.74) is 4.18. The number of rotatable bonds is 3. The molecule has 29 heavy (non-hydrogen) atoms. The highest BCUT2D eigenvalue weighted by molar-refractivity contribution is 6.32. The molecule has 3 aromatic carbocycles. The van der Waals surface area contributed by atoms with Gasteiger partial charge in [-0.25, -0.2) is 9.98 Å². The largest absolute Gasteiger partial charge is 0.493 e. The van der Waals surface area contributed by atoms with Crippen LogP contribution in [0.3, 0.4) is 0 Å². The van der Waals surface area contributed by atoms with E-state index in [1.54, 1.807) is 13.2 Å². The van der Waals surface area contributed by atoms with Gasteiger partial charge in [-0.15, -0.1) is 0 Å². The minimum Gasteiger partial charge on any atom is -0.493 e. The topological polar surface area (TPSA) is 63.4 Å². The van der Waals surface area contributed by atoms with Crippen molar-refractivity contribution < 1.29 is 9.15 Å². The first-order chi connectivity index (χ1) is 14.2. The molecule has 0 aliphatic heterocycles. The first-order valence-corrected chi connectivity index (χ1v) is 9.46. The molecule has 0 saturated heterocycles. The number of para-hydroxylation sites is 4. The van der Waals surface area contributed by atoms with E-state index < -0.39 is 0 Å². The van der Waals surface area contributed by atoms with E-state index in [0.717, 1.165) is 22.0 Å². The molecule has 0 amide bonds. The molecule has 0 bridgehead atoms. The van der Waals surface area contributed by atoms with E-state index in [1.165, 1.54) is 0 Å². The van der Waals surface area contributed by atoms with Gasteiger partial charge in [0.2, 0.25) is 5.55 Å². The van der Waals surface area contributed by atoms with Crippen molar-refractivity contribution in [2.45, 2.75) is 0 Å². The molecule has 0 spiro atoms. The molecule has 0 aliphatic carbocycles. The second-order valence-corrected chi connectivity index (χ2v) is 6.92. The van der Waals surface area contributed by atoms with E-state index in [2.05, 4.69) is 4.98 Å². The number of halogens is 1. The van der Waals surface area contributed by atoms with E-state index in [0.29, 0.717) is 33.4 Å². The first kappa shape index (κ1) is 17.5. The Morgan fingerprint density at radius 2 is 1.83 bits per heavy atom. The van der Waals surface area contributed by atoms with Crippen molar-refractivity contribution in [1.82, 2.24) is 9.97 Å². The second kappa shape index (κ2) is 7.11. The van der Waals surface area contributed by atoms with Crippen molar-refractivity contribution in [3.05, 3.63) is 83.4 Å². The summed E-state index contributed by atoms with van der Waals surface area (Å²) in [6, 6.07) is 23.0. The first-order valence-electron chi connectivity index (χ1n) is 9.08. The van der Waals surface area contributed by atoms with Gasteiger partial charge in [0.15, 0.2) is 11.3 Å². The number of fused-ring (bicyclic) bond motifs is 2. The van der Waals surface area contributed by atoms with E-state index in [-0.39, 0.29) is 0 Å². The molecule has 0 aliphatic rings. The molecule has 0 saturated carbocycles. The van der Waals surface area contributed by atoms with Gasteiger partial charge in [0.25, 0.3) is 0 Å². The van der Waals surface area contributed by atoms with Crippen LogP contribution in [0.25, 0.3) is 33.4 Å². The third kappa shape index (κ3) is 3.15. The Morgan fingerprint density at radius 1 is 1.00 bits per heavy atom. The maximum Gasteiger partial charge on any atom is 0.231 e. The summed E-state index contributed by atoms with van der Waals surface area (Å²) in [6.45, 7) is 0. The van der Waals surface area contributed by atoms with Crippen LogP contribution in [0, 0.1) is 0 Å². The number of benzene rings is 3. The number of hydrogen-bond acceptors (Lipinski definition) is 4. The SMILES string of the molecule is COc1cccc2cc(-c3nc4ccccc4[nH]3)c(=Nc3ccccc3Cl)oc12. The van der Waals surface area contributed by atoms with Crippen molar-refractivity contribution >= 4 is 39.3 Å². The van der Waals surface area contributed by atoms with E-state index in [1.807, 2.05) is 66.7 Å². The fourth-order valence-corrected chi connectivity index (χ4v) is 3.45. The Labute approximate surface area is 171 Å². The van der Waals surface area contributed by atoms with Gasteiger partial charge in [-0.3, -0.25) is 0 Å². The Morgan fingerprint density at radius 3 is 2.66 bits per heavy atom. The number of nitrogens with zero attached hydrogens (tertiary/aromatic N) is 2. The van der Waals surface area contributed by atoms with Crippen LogP contribution in [0.15, 0.2) is 82.2 Å². The molecule has 1 N–H and O–H groups in total. The summed E-state index contributed by atoms with van der Waals surface area (Å²) in [5, 5.41) is 1.43. The van der Waals surface area contributed by atoms with Crippen molar-refractivity contribution in [3.63, 3.8) is 0 Å². The van der Waals surface area contributed by atoms with Crippen LogP contribution in [-0.4, -0.2) is 17.1 Å². The lowest BCUT2D eigenvalue weighted by molar-refractivity contribution is 0.406. The van der Waals surface area contributed by atoms with E-state index in [9.17, 15) is 0 Å². The van der Waals surface area contributed by atoms with Crippen LogP contribution >= 0.6 is 11.6 Å². The van der Waals surface area contributed by atoms with Crippen molar-refractivity contribution in [1.29, 1.82) is 0 Å². The molecule has 0 radical (unpaired) electrons. The van der Waals surface area contributed by atoms with Gasteiger partial charge in [0, 0.05) is 5.39 Å². The highest BCUT2D eigenvalue weighted by atomic mass is 35.5. The summed E-state index contributed by atoms with van der Waals surface area (Å²) in [4.78, 5) is 12.8. The van der Waals surface area contributed by atoms with Crippen LogP contribution in [0.4, 0.5) is 5.69 Å². The van der Waals surface area contributed by atoms with Gasteiger partial charge in [0.05, 0.1) is 34.4 Å². The number of ether oxygens (including phenoxy) is 1. The van der Waals surface area contributed by atoms with Gasteiger partial charge in [-0.1, -0.05) is 48.0 Å². The van der Waals surface area contributed by atoms with Crippen LogP contribution < -0.4 is 10.3 Å². The minimum atomic E-state index is 0.397. The molecule has 5 rings (SSSR count). The normalized spacial score (nSPS) is 12.0. The monoisotopic (exact) mass is 401 g/mol. The number of aromatic nitrogens is 2. The molecule has 2 heterocycles. The Balaban J connectivity index is 1.85. The van der Waals surface area contributed by atoms with E-state index >= 15 is 0 Å². The van der Waals surface area contributed by atoms with Crippen molar-refractivity contribution in [2.24, 2.45) is 4.99 Å². The zero-order chi connectivity index (χ0) is 19.8. The number of hydrogen-bond donors (Lipinski definition) is 1. The van der Waals surface area contributed by atoms with Gasteiger partial charge in [-0.2, -0.15) is 0 Å². The van der Waals surface area contributed by atoms with Gasteiger partial charge in [0.1, 0.15) is 5.82 Å². The number of nitrogens with one attached hydrogen (secondary N) is 1. The zero-order valence-corrected chi connectivity index (χ0v) is 16.3. The summed E-state index contributed by atoms with van der Waals surface area (Å²) in [5.74, 6) is 1.31. The predicted molar refractivity (Wildman–Crippen MR) is 115 cm³/mol. The molecule has 5 aromatic rings. The van der Waals surface area contributed by atoms with Crippen molar-refractivity contribution in [2.75, 3.05) is 7.11 Å². The molecular formula is C23H16ClN3O2. The highest BCUT2D eigenvalue weighted by Gasteiger charge is 2.14. The Bertz CT molecular complexity index is 1390. The predicted octanol–water partition coefficient (Wildman–Crippen LogP) is 5.87. The van der Waals surface area contributed by atoms with E-state index in [4.69, 9.17) is 30.7 Å². The molecule has 6 heteroatoms. The zero-order valence-electron chi connectivity index (χ0n) is 15.5. The summed E-state index contributed by atoms with van der Waals surface area (Å²) in [6.07, 6.45) is 0. The maximum atomic E-state index is 6.33. The van der Waals surface area contributed by atoms with Crippen LogP contribution in [-0.2, 0) is 0 Å². The third-order valence-corrected chi connectivity index (χ3v) is 5.00. The number of methoxy groups -OCH3 is 1. The smallest absolute Gasteiger partial charge is 0.231 e. The maximum absolute atomic E-state index is 6.33. The molecular weight excluding hydrogens is 386 g/mol. The second-order valence-electron chi connectivity index (χ2n) is 6.51.